The Morgan fingerprint density at radius 1 is 1.04 bits per heavy atom. The predicted octanol–water partition coefficient (Wildman–Crippen LogP) is 6.59. The van der Waals surface area contributed by atoms with Crippen LogP contribution >= 0.6 is 27.5 Å². The summed E-state index contributed by atoms with van der Waals surface area (Å²) in [4.78, 5) is 12.3. The summed E-state index contributed by atoms with van der Waals surface area (Å²) in [6.07, 6.45) is 3.33. The molecule has 0 unspecified atom stereocenters. The van der Waals surface area contributed by atoms with E-state index in [0.29, 0.717) is 17.2 Å². The van der Waals surface area contributed by atoms with Gasteiger partial charge >= 0.3 is 0 Å². The molecule has 5 heteroatoms. The van der Waals surface area contributed by atoms with E-state index in [2.05, 4.69) is 15.9 Å². The van der Waals surface area contributed by atoms with Crippen molar-refractivity contribution in [3.8, 4) is 11.5 Å². The van der Waals surface area contributed by atoms with E-state index in [9.17, 15) is 4.79 Å². The average molecular weight is 458 g/mol. The highest BCUT2D eigenvalue weighted by Crippen LogP contribution is 2.27. The second kappa shape index (κ2) is 9.58. The summed E-state index contributed by atoms with van der Waals surface area (Å²) in [5, 5.41) is 0.699. The Morgan fingerprint density at radius 2 is 1.75 bits per heavy atom. The van der Waals surface area contributed by atoms with E-state index in [1.54, 1.807) is 43.5 Å². The Labute approximate surface area is 177 Å². The van der Waals surface area contributed by atoms with Crippen LogP contribution in [0.1, 0.15) is 21.5 Å². The molecular formula is C23H18BrClO3. The fraction of sp³-hybridized carbons (Fsp3) is 0.0870. The molecule has 0 bridgehead atoms. The summed E-state index contributed by atoms with van der Waals surface area (Å²) in [7, 11) is 1.59. The third kappa shape index (κ3) is 5.47. The van der Waals surface area contributed by atoms with Gasteiger partial charge in [-0.25, -0.2) is 0 Å². The van der Waals surface area contributed by atoms with Crippen molar-refractivity contribution in [1.82, 2.24) is 0 Å². The van der Waals surface area contributed by atoms with Gasteiger partial charge < -0.3 is 9.47 Å². The molecule has 0 aromatic heterocycles. The van der Waals surface area contributed by atoms with Gasteiger partial charge in [0.25, 0.3) is 0 Å². The van der Waals surface area contributed by atoms with E-state index in [1.165, 1.54) is 0 Å². The van der Waals surface area contributed by atoms with Gasteiger partial charge in [-0.05, 0) is 81.7 Å². The quantitative estimate of drug-likeness (QED) is 0.297. The molecule has 0 amide bonds. The Balaban J connectivity index is 1.63. The van der Waals surface area contributed by atoms with Crippen molar-refractivity contribution in [3.63, 3.8) is 0 Å². The normalized spacial score (nSPS) is 10.8. The number of methoxy groups -OCH3 is 1. The van der Waals surface area contributed by atoms with Crippen LogP contribution < -0.4 is 9.47 Å². The number of benzene rings is 3. The molecule has 0 aliphatic carbocycles. The zero-order valence-corrected chi connectivity index (χ0v) is 17.5. The van der Waals surface area contributed by atoms with Gasteiger partial charge in [0.05, 0.1) is 11.6 Å². The number of ketones is 1. The van der Waals surface area contributed by atoms with E-state index in [4.69, 9.17) is 21.1 Å². The smallest absolute Gasteiger partial charge is 0.185 e. The number of hydrogen-bond donors (Lipinski definition) is 0. The van der Waals surface area contributed by atoms with Gasteiger partial charge in [-0.2, -0.15) is 0 Å². The number of allylic oxidation sites excluding steroid dienone is 1. The van der Waals surface area contributed by atoms with Crippen molar-refractivity contribution in [2.75, 3.05) is 7.11 Å². The maximum Gasteiger partial charge on any atom is 0.185 e. The highest BCUT2D eigenvalue weighted by atomic mass is 79.9. The Hall–Kier alpha value is -2.56. The van der Waals surface area contributed by atoms with E-state index < -0.39 is 0 Å². The van der Waals surface area contributed by atoms with Crippen molar-refractivity contribution in [1.29, 1.82) is 0 Å². The highest BCUT2D eigenvalue weighted by Gasteiger charge is 2.05. The molecule has 3 rings (SSSR count). The number of carbonyl (C=O) groups is 1. The van der Waals surface area contributed by atoms with Crippen LogP contribution in [0.3, 0.4) is 0 Å². The summed E-state index contributed by atoms with van der Waals surface area (Å²) < 4.78 is 11.8. The summed E-state index contributed by atoms with van der Waals surface area (Å²) >= 11 is 9.41. The van der Waals surface area contributed by atoms with Crippen LogP contribution in [0.15, 0.2) is 77.3 Å². The molecule has 0 heterocycles. The maximum atomic E-state index is 12.3. The largest absolute Gasteiger partial charge is 0.497 e. The number of ether oxygens (including phenoxy) is 2. The van der Waals surface area contributed by atoms with Crippen molar-refractivity contribution in [2.45, 2.75) is 6.61 Å². The van der Waals surface area contributed by atoms with Crippen LogP contribution in [0.5, 0.6) is 11.5 Å². The number of rotatable bonds is 7. The molecule has 28 heavy (non-hydrogen) atoms. The first kappa shape index (κ1) is 20.2. The second-order valence-corrected chi connectivity index (χ2v) is 7.32. The summed E-state index contributed by atoms with van der Waals surface area (Å²) in [6, 6.07) is 20.2. The lowest BCUT2D eigenvalue weighted by atomic mass is 10.1. The second-order valence-electron chi connectivity index (χ2n) is 6.03. The molecule has 0 spiro atoms. The van der Waals surface area contributed by atoms with Crippen molar-refractivity contribution in [2.24, 2.45) is 0 Å². The minimum Gasteiger partial charge on any atom is -0.497 e. The third-order valence-electron chi connectivity index (χ3n) is 4.07. The van der Waals surface area contributed by atoms with Crippen LogP contribution in [0, 0.1) is 0 Å². The molecule has 3 nitrogen and oxygen atoms in total. The number of hydrogen-bond acceptors (Lipinski definition) is 3. The van der Waals surface area contributed by atoms with Crippen LogP contribution in [-0.2, 0) is 6.61 Å². The third-order valence-corrected chi connectivity index (χ3v) is 4.94. The summed E-state index contributed by atoms with van der Waals surface area (Å²) in [6.45, 7) is 0.445. The maximum absolute atomic E-state index is 12.3. The molecule has 0 saturated carbocycles. The Bertz CT molecular complexity index is 980. The molecule has 142 valence electrons. The lowest BCUT2D eigenvalue weighted by Gasteiger charge is -2.09. The highest BCUT2D eigenvalue weighted by molar-refractivity contribution is 9.10. The Kier molecular flexibility index (Phi) is 6.90. The lowest BCUT2D eigenvalue weighted by molar-refractivity contribution is 0.104. The topological polar surface area (TPSA) is 35.5 Å². The molecule has 0 radical (unpaired) electrons. The molecule has 3 aromatic rings. The zero-order chi connectivity index (χ0) is 19.9. The van der Waals surface area contributed by atoms with Gasteiger partial charge in [0, 0.05) is 10.6 Å². The van der Waals surface area contributed by atoms with Gasteiger partial charge in [0.15, 0.2) is 5.78 Å². The number of carbonyl (C=O) groups excluding carboxylic acids is 1. The van der Waals surface area contributed by atoms with Crippen molar-refractivity contribution >= 4 is 39.4 Å². The van der Waals surface area contributed by atoms with E-state index >= 15 is 0 Å². The Morgan fingerprint density at radius 3 is 2.39 bits per heavy atom. The van der Waals surface area contributed by atoms with Crippen molar-refractivity contribution < 1.29 is 14.3 Å². The van der Waals surface area contributed by atoms with Crippen LogP contribution in [-0.4, -0.2) is 12.9 Å². The molecule has 0 atom stereocenters. The zero-order valence-electron chi connectivity index (χ0n) is 15.2. The lowest BCUT2D eigenvalue weighted by Crippen LogP contribution is -1.96. The molecule has 0 saturated heterocycles. The minimum atomic E-state index is -0.0677. The first-order chi connectivity index (χ1) is 13.5. The molecular weight excluding hydrogens is 440 g/mol. The van der Waals surface area contributed by atoms with E-state index in [1.807, 2.05) is 42.5 Å². The first-order valence-electron chi connectivity index (χ1n) is 8.58. The molecule has 0 aliphatic heterocycles. The van der Waals surface area contributed by atoms with Gasteiger partial charge in [0.2, 0.25) is 0 Å². The van der Waals surface area contributed by atoms with Crippen LogP contribution in [0.4, 0.5) is 0 Å². The fourth-order valence-electron chi connectivity index (χ4n) is 2.50. The summed E-state index contributed by atoms with van der Waals surface area (Å²) in [5.74, 6) is 1.38. The molecule has 3 aromatic carbocycles. The SMILES string of the molecule is COc1ccc(C(=O)/C=C/c2ccc(OCc3ccc(Cl)cc3)c(Br)c2)cc1. The van der Waals surface area contributed by atoms with Gasteiger partial charge in [-0.1, -0.05) is 35.9 Å². The van der Waals surface area contributed by atoms with E-state index in [-0.39, 0.29) is 5.78 Å². The standard InChI is InChI=1S/C23H18BrClO3/c1-27-20-10-6-18(7-11-20)22(26)12-4-16-5-13-23(21(24)14-16)28-15-17-2-8-19(25)9-3-17/h2-14H,15H2,1H3/b12-4+. The van der Waals surface area contributed by atoms with Gasteiger partial charge in [-0.15, -0.1) is 0 Å². The van der Waals surface area contributed by atoms with E-state index in [0.717, 1.165) is 27.1 Å². The minimum absolute atomic E-state index is 0.0677. The number of halogens is 2. The molecule has 0 N–H and O–H groups in total. The average Bonchev–Trinajstić information content (AvgIpc) is 2.72. The first-order valence-corrected chi connectivity index (χ1v) is 9.75. The van der Waals surface area contributed by atoms with Gasteiger partial charge in [-0.3, -0.25) is 4.79 Å². The van der Waals surface area contributed by atoms with Crippen LogP contribution in [0.2, 0.25) is 5.02 Å². The monoisotopic (exact) mass is 456 g/mol. The fourth-order valence-corrected chi connectivity index (χ4v) is 3.14. The van der Waals surface area contributed by atoms with Crippen molar-refractivity contribution in [3.05, 3.63) is 99.0 Å². The molecule has 0 fully saturated rings. The predicted molar refractivity (Wildman–Crippen MR) is 116 cm³/mol. The summed E-state index contributed by atoms with van der Waals surface area (Å²) in [5.41, 5.74) is 2.54. The van der Waals surface area contributed by atoms with Gasteiger partial charge in [0.1, 0.15) is 18.1 Å². The molecule has 0 aliphatic rings. The van der Waals surface area contributed by atoms with Crippen LogP contribution in [0.25, 0.3) is 6.08 Å².